The second kappa shape index (κ2) is 7.48. The summed E-state index contributed by atoms with van der Waals surface area (Å²) in [6, 6.07) is 18.0. The van der Waals surface area contributed by atoms with Gasteiger partial charge in [-0.2, -0.15) is 8.42 Å². The Labute approximate surface area is 155 Å². The molecule has 7 nitrogen and oxygen atoms in total. The number of benzene rings is 3. The minimum atomic E-state index is -4.24. The summed E-state index contributed by atoms with van der Waals surface area (Å²) in [5.74, 6) is 0.929. The van der Waals surface area contributed by atoms with E-state index in [1.165, 1.54) is 36.4 Å². The molecule has 3 rings (SSSR count). The van der Waals surface area contributed by atoms with Crippen molar-refractivity contribution in [1.82, 2.24) is 0 Å². The molecule has 138 valence electrons. The molecule has 0 aliphatic heterocycles. The van der Waals surface area contributed by atoms with Gasteiger partial charge in [-0.3, -0.25) is 4.55 Å². The third kappa shape index (κ3) is 4.84. The van der Waals surface area contributed by atoms with Gasteiger partial charge in [0.2, 0.25) is 0 Å². The summed E-state index contributed by atoms with van der Waals surface area (Å²) in [4.78, 5) is 10.6. The van der Waals surface area contributed by atoms with E-state index in [0.29, 0.717) is 23.0 Å². The summed E-state index contributed by atoms with van der Waals surface area (Å²) in [6.07, 6.45) is 0. The lowest BCUT2D eigenvalue weighted by Crippen LogP contribution is -1.97. The van der Waals surface area contributed by atoms with Crippen LogP contribution >= 0.6 is 0 Å². The molecule has 0 unspecified atom stereocenters. The molecule has 0 aromatic heterocycles. The van der Waals surface area contributed by atoms with Crippen LogP contribution in [0.2, 0.25) is 0 Å². The van der Waals surface area contributed by atoms with E-state index < -0.39 is 16.1 Å². The monoisotopic (exact) mass is 386 g/mol. The van der Waals surface area contributed by atoms with Gasteiger partial charge in [0.25, 0.3) is 10.1 Å². The van der Waals surface area contributed by atoms with Crippen LogP contribution < -0.4 is 9.47 Å². The van der Waals surface area contributed by atoms with Crippen LogP contribution in [0, 0.1) is 0 Å². The zero-order valence-corrected chi connectivity index (χ0v) is 14.6. The van der Waals surface area contributed by atoms with Crippen molar-refractivity contribution in [2.45, 2.75) is 4.90 Å². The summed E-state index contributed by atoms with van der Waals surface area (Å²) in [5, 5.41) is 8.88. The Morgan fingerprint density at radius 1 is 0.667 bits per heavy atom. The van der Waals surface area contributed by atoms with E-state index in [2.05, 4.69) is 0 Å². The number of hydrogen-bond donors (Lipinski definition) is 2. The highest BCUT2D eigenvalue weighted by atomic mass is 32.2. The summed E-state index contributed by atoms with van der Waals surface area (Å²) < 4.78 is 42.2. The minimum Gasteiger partial charge on any atom is -0.478 e. The smallest absolute Gasteiger partial charge is 0.335 e. The van der Waals surface area contributed by atoms with Crippen molar-refractivity contribution < 1.29 is 32.3 Å². The normalized spacial score (nSPS) is 11.0. The number of aromatic carboxylic acids is 1. The fourth-order valence-corrected chi connectivity index (χ4v) is 2.67. The number of carboxylic acid groups (broad SMARTS) is 1. The van der Waals surface area contributed by atoms with Crippen LogP contribution in [0.3, 0.4) is 0 Å². The second-order valence-electron chi connectivity index (χ2n) is 5.45. The van der Waals surface area contributed by atoms with E-state index in [0.717, 1.165) is 0 Å². The first kappa shape index (κ1) is 18.4. The largest absolute Gasteiger partial charge is 0.478 e. The summed E-state index contributed by atoms with van der Waals surface area (Å²) in [6.45, 7) is 0. The van der Waals surface area contributed by atoms with Crippen LogP contribution in [0.25, 0.3) is 0 Å². The Kier molecular flexibility index (Phi) is 5.11. The standard InChI is InChI=1S/C19H14O7S/c20-19(21)13-1-3-14(4-2-13)25-15-5-7-16(8-6-15)26-17-9-11-18(12-10-17)27(22,23)24/h1-12H,(H,20,21)(H,22,23,24). The van der Waals surface area contributed by atoms with E-state index in [1.807, 2.05) is 0 Å². The van der Waals surface area contributed by atoms with Crippen LogP contribution in [0.15, 0.2) is 77.7 Å². The van der Waals surface area contributed by atoms with Crippen molar-refractivity contribution in [3.63, 3.8) is 0 Å². The van der Waals surface area contributed by atoms with Crippen molar-refractivity contribution in [3.8, 4) is 23.0 Å². The first-order valence-corrected chi connectivity index (χ1v) is 9.12. The average Bonchev–Trinajstić information content (AvgIpc) is 2.63. The van der Waals surface area contributed by atoms with Crippen LogP contribution in [-0.2, 0) is 10.1 Å². The van der Waals surface area contributed by atoms with Crippen LogP contribution in [0.1, 0.15) is 10.4 Å². The van der Waals surface area contributed by atoms with Gasteiger partial charge in [0.1, 0.15) is 23.0 Å². The first-order valence-electron chi connectivity index (χ1n) is 7.68. The third-order valence-corrected chi connectivity index (χ3v) is 4.39. The summed E-state index contributed by atoms with van der Waals surface area (Å²) >= 11 is 0. The molecule has 27 heavy (non-hydrogen) atoms. The first-order chi connectivity index (χ1) is 12.8. The molecule has 0 aliphatic carbocycles. The van der Waals surface area contributed by atoms with Gasteiger partial charge >= 0.3 is 5.97 Å². The number of hydrogen-bond acceptors (Lipinski definition) is 5. The molecule has 3 aromatic carbocycles. The van der Waals surface area contributed by atoms with Gasteiger partial charge in [-0.25, -0.2) is 4.79 Å². The molecule has 0 heterocycles. The highest BCUT2D eigenvalue weighted by Crippen LogP contribution is 2.27. The van der Waals surface area contributed by atoms with Crippen molar-refractivity contribution >= 4 is 16.1 Å². The van der Waals surface area contributed by atoms with Crippen molar-refractivity contribution in [3.05, 3.63) is 78.4 Å². The van der Waals surface area contributed by atoms with Crippen LogP contribution in [0.4, 0.5) is 0 Å². The van der Waals surface area contributed by atoms with E-state index in [-0.39, 0.29) is 10.5 Å². The number of rotatable bonds is 6. The van der Waals surface area contributed by atoms with E-state index in [1.54, 1.807) is 36.4 Å². The molecule has 0 amide bonds. The molecule has 0 saturated heterocycles. The maximum atomic E-state index is 11.0. The van der Waals surface area contributed by atoms with Gasteiger partial charge in [-0.05, 0) is 72.8 Å². The minimum absolute atomic E-state index is 0.172. The maximum absolute atomic E-state index is 11.0. The van der Waals surface area contributed by atoms with E-state index >= 15 is 0 Å². The SMILES string of the molecule is O=C(O)c1ccc(Oc2ccc(Oc3ccc(S(=O)(=O)O)cc3)cc2)cc1. The van der Waals surface area contributed by atoms with Crippen molar-refractivity contribution in [2.75, 3.05) is 0 Å². The van der Waals surface area contributed by atoms with Crippen molar-refractivity contribution in [2.24, 2.45) is 0 Å². The second-order valence-corrected chi connectivity index (χ2v) is 6.87. The lowest BCUT2D eigenvalue weighted by molar-refractivity contribution is 0.0697. The van der Waals surface area contributed by atoms with Crippen LogP contribution in [-0.4, -0.2) is 24.0 Å². The zero-order chi connectivity index (χ0) is 19.4. The highest BCUT2D eigenvalue weighted by Gasteiger charge is 2.09. The molecule has 0 bridgehead atoms. The lowest BCUT2D eigenvalue weighted by Gasteiger charge is -2.09. The predicted octanol–water partition coefficient (Wildman–Crippen LogP) is 4.22. The highest BCUT2D eigenvalue weighted by molar-refractivity contribution is 7.85. The van der Waals surface area contributed by atoms with Gasteiger partial charge in [0.15, 0.2) is 0 Å². The summed E-state index contributed by atoms with van der Waals surface area (Å²) in [7, 11) is -4.24. The Balaban J connectivity index is 1.65. The van der Waals surface area contributed by atoms with E-state index in [9.17, 15) is 13.2 Å². The molecule has 0 fully saturated rings. The molecule has 0 atom stereocenters. The Hall–Kier alpha value is -3.36. The fraction of sp³-hybridized carbons (Fsp3) is 0. The average molecular weight is 386 g/mol. The molecule has 0 saturated carbocycles. The van der Waals surface area contributed by atoms with E-state index in [4.69, 9.17) is 19.1 Å². The van der Waals surface area contributed by atoms with Gasteiger partial charge in [0, 0.05) is 0 Å². The molecule has 2 N–H and O–H groups in total. The topological polar surface area (TPSA) is 110 Å². The third-order valence-electron chi connectivity index (χ3n) is 3.52. The fourth-order valence-electron chi connectivity index (χ4n) is 2.19. The Morgan fingerprint density at radius 3 is 1.33 bits per heavy atom. The number of ether oxygens (including phenoxy) is 2. The number of carboxylic acids is 1. The molecule has 8 heteroatoms. The molecular weight excluding hydrogens is 372 g/mol. The van der Waals surface area contributed by atoms with Crippen LogP contribution in [0.5, 0.6) is 23.0 Å². The van der Waals surface area contributed by atoms with Gasteiger partial charge < -0.3 is 14.6 Å². The molecular formula is C19H14O7S. The molecule has 0 spiro atoms. The van der Waals surface area contributed by atoms with Gasteiger partial charge in [-0.1, -0.05) is 0 Å². The predicted molar refractivity (Wildman–Crippen MR) is 96.2 cm³/mol. The number of carbonyl (C=O) groups is 1. The molecule has 0 aliphatic rings. The summed E-state index contributed by atoms with van der Waals surface area (Å²) in [5.41, 5.74) is 0.172. The Morgan fingerprint density at radius 2 is 1.00 bits per heavy atom. The quantitative estimate of drug-likeness (QED) is 0.610. The molecule has 3 aromatic rings. The maximum Gasteiger partial charge on any atom is 0.335 e. The zero-order valence-electron chi connectivity index (χ0n) is 13.8. The van der Waals surface area contributed by atoms with Gasteiger partial charge in [0.05, 0.1) is 10.5 Å². The Bertz CT molecular complexity index is 1040. The lowest BCUT2D eigenvalue weighted by atomic mass is 10.2. The molecule has 0 radical (unpaired) electrons. The van der Waals surface area contributed by atoms with Crippen molar-refractivity contribution in [1.29, 1.82) is 0 Å². The van der Waals surface area contributed by atoms with Gasteiger partial charge in [-0.15, -0.1) is 0 Å².